The molecule has 0 unspecified atom stereocenters. The fourth-order valence-electron chi connectivity index (χ4n) is 3.18. The molecular weight excluding hydrogens is 376 g/mol. The number of rotatable bonds is 5. The summed E-state index contributed by atoms with van der Waals surface area (Å²) in [7, 11) is -1.47. The van der Waals surface area contributed by atoms with Crippen LogP contribution in [0.25, 0.3) is 0 Å². The Labute approximate surface area is 168 Å². The highest BCUT2D eigenvalue weighted by Crippen LogP contribution is 2.29. The summed E-state index contributed by atoms with van der Waals surface area (Å²) in [5.41, 5.74) is 0.392. The fraction of sp³-hybridized carbons (Fsp3) is 0.650. The molecule has 0 bridgehead atoms. The molecule has 0 atom stereocenters. The predicted octanol–water partition coefficient (Wildman–Crippen LogP) is 4.79. The summed E-state index contributed by atoms with van der Waals surface area (Å²) in [5, 5.41) is 11.5. The van der Waals surface area contributed by atoms with E-state index >= 15 is 0 Å². The van der Waals surface area contributed by atoms with E-state index in [-0.39, 0.29) is 22.8 Å². The number of nitrogens with zero attached hydrogens (tertiary/aromatic N) is 2. The second kappa shape index (κ2) is 8.51. The van der Waals surface area contributed by atoms with Gasteiger partial charge in [0.2, 0.25) is 0 Å². The number of likely N-dealkylation sites (tertiary alicyclic amines) is 1. The van der Waals surface area contributed by atoms with Crippen LogP contribution in [0.2, 0.25) is 19.6 Å². The molecule has 28 heavy (non-hydrogen) atoms. The van der Waals surface area contributed by atoms with E-state index in [2.05, 4.69) is 19.6 Å². The van der Waals surface area contributed by atoms with Crippen molar-refractivity contribution in [2.75, 3.05) is 13.1 Å². The van der Waals surface area contributed by atoms with Gasteiger partial charge < -0.3 is 14.4 Å². The van der Waals surface area contributed by atoms with Gasteiger partial charge in [-0.15, -0.1) is 0 Å². The van der Waals surface area contributed by atoms with Crippen LogP contribution in [0, 0.1) is 10.1 Å². The summed E-state index contributed by atoms with van der Waals surface area (Å²) in [4.78, 5) is 25.0. The molecule has 2 rings (SSSR count). The average molecular weight is 409 g/mol. The van der Waals surface area contributed by atoms with E-state index in [9.17, 15) is 14.9 Å². The average Bonchev–Trinajstić information content (AvgIpc) is 2.54. The molecule has 1 aromatic carbocycles. The second-order valence-corrected chi connectivity index (χ2v) is 15.0. The van der Waals surface area contributed by atoms with Gasteiger partial charge in [0.15, 0.2) is 0 Å². The first-order valence-corrected chi connectivity index (χ1v) is 13.5. The maximum atomic E-state index is 12.1. The van der Waals surface area contributed by atoms with Gasteiger partial charge in [-0.25, -0.2) is 4.79 Å². The van der Waals surface area contributed by atoms with Crippen molar-refractivity contribution in [1.82, 2.24) is 4.90 Å². The zero-order chi connectivity index (χ0) is 21.1. The Kier molecular flexibility index (Phi) is 6.74. The van der Waals surface area contributed by atoms with E-state index in [1.807, 2.05) is 32.9 Å². The number of nitro groups is 1. The second-order valence-electron chi connectivity index (χ2n) is 9.57. The van der Waals surface area contributed by atoms with Gasteiger partial charge in [-0.1, -0.05) is 19.6 Å². The first kappa shape index (κ1) is 22.2. The van der Waals surface area contributed by atoms with Crippen molar-refractivity contribution in [3.8, 4) is 5.75 Å². The van der Waals surface area contributed by atoms with E-state index in [0.29, 0.717) is 31.7 Å². The number of piperidine rings is 1. The fourth-order valence-corrected chi connectivity index (χ4v) is 4.62. The molecule has 0 radical (unpaired) electrons. The van der Waals surface area contributed by atoms with Gasteiger partial charge in [-0.2, -0.15) is 0 Å². The smallest absolute Gasteiger partial charge is 0.410 e. The van der Waals surface area contributed by atoms with Crippen LogP contribution in [0.15, 0.2) is 18.2 Å². The molecule has 1 aromatic rings. The number of amides is 1. The maximum Gasteiger partial charge on any atom is 0.410 e. The quantitative estimate of drug-likeness (QED) is 0.397. The summed E-state index contributed by atoms with van der Waals surface area (Å²) in [6.07, 6.45) is 0.964. The summed E-state index contributed by atoms with van der Waals surface area (Å²) in [6, 6.07) is 5.94. The van der Waals surface area contributed by atoms with Gasteiger partial charge in [-0.05, 0) is 38.9 Å². The molecule has 1 heterocycles. The molecule has 1 aliphatic heterocycles. The Balaban J connectivity index is 1.99. The van der Waals surface area contributed by atoms with Crippen molar-refractivity contribution < 1.29 is 19.2 Å². The van der Waals surface area contributed by atoms with Crippen molar-refractivity contribution in [2.24, 2.45) is 0 Å². The molecule has 1 fully saturated rings. The number of carbonyl (C=O) groups excluding carboxylic acids is 1. The summed E-state index contributed by atoms with van der Waals surface area (Å²) < 4.78 is 11.4. The summed E-state index contributed by atoms with van der Waals surface area (Å²) in [5.74, 6) is 0.516. The molecule has 1 amide bonds. The number of hydrogen-bond donors (Lipinski definition) is 0. The number of benzene rings is 1. The lowest BCUT2D eigenvalue weighted by atomic mass is 10.1. The van der Waals surface area contributed by atoms with E-state index in [0.717, 1.165) is 11.6 Å². The van der Waals surface area contributed by atoms with Gasteiger partial charge in [0.05, 0.1) is 11.0 Å². The lowest BCUT2D eigenvalue weighted by molar-refractivity contribution is -0.385. The lowest BCUT2D eigenvalue weighted by Gasteiger charge is -2.33. The SMILES string of the molecule is CC(C)(C)OC(=O)N1CCC(Oc2ccc(C[Si](C)(C)C)c([N+](=O)[O-])c2)CC1. The zero-order valence-corrected chi connectivity index (χ0v) is 18.8. The topological polar surface area (TPSA) is 81.9 Å². The molecule has 0 aliphatic carbocycles. The Morgan fingerprint density at radius 1 is 1.25 bits per heavy atom. The van der Waals surface area contributed by atoms with Gasteiger partial charge >= 0.3 is 6.09 Å². The minimum Gasteiger partial charge on any atom is -0.490 e. The number of ether oxygens (including phenoxy) is 2. The largest absolute Gasteiger partial charge is 0.490 e. The first-order chi connectivity index (χ1) is 12.8. The minimum atomic E-state index is -1.47. The van der Waals surface area contributed by atoms with E-state index < -0.39 is 13.7 Å². The molecular formula is C20H32N2O5Si. The van der Waals surface area contributed by atoms with Crippen LogP contribution in [0.1, 0.15) is 39.2 Å². The van der Waals surface area contributed by atoms with Crippen LogP contribution in [-0.2, 0) is 10.8 Å². The summed E-state index contributed by atoms with van der Waals surface area (Å²) >= 11 is 0. The van der Waals surface area contributed by atoms with Crippen LogP contribution in [0.5, 0.6) is 5.75 Å². The van der Waals surface area contributed by atoms with Crippen LogP contribution in [-0.4, -0.2) is 48.8 Å². The highest BCUT2D eigenvalue weighted by molar-refractivity contribution is 6.75. The molecule has 0 saturated carbocycles. The zero-order valence-electron chi connectivity index (χ0n) is 17.8. The van der Waals surface area contributed by atoms with Crippen LogP contribution < -0.4 is 4.74 Å². The van der Waals surface area contributed by atoms with E-state index in [1.165, 1.54) is 6.07 Å². The van der Waals surface area contributed by atoms with Crippen LogP contribution >= 0.6 is 0 Å². The van der Waals surface area contributed by atoms with E-state index in [4.69, 9.17) is 9.47 Å². The summed E-state index contributed by atoms with van der Waals surface area (Å²) in [6.45, 7) is 13.2. The van der Waals surface area contributed by atoms with Crippen molar-refractivity contribution in [3.05, 3.63) is 33.9 Å². The third-order valence-electron chi connectivity index (χ3n) is 4.37. The van der Waals surface area contributed by atoms with Crippen molar-refractivity contribution >= 4 is 19.9 Å². The number of carbonyl (C=O) groups is 1. The molecule has 7 nitrogen and oxygen atoms in total. The molecule has 1 aliphatic rings. The Morgan fingerprint density at radius 2 is 1.86 bits per heavy atom. The van der Waals surface area contributed by atoms with Gasteiger partial charge in [0.25, 0.3) is 5.69 Å². The first-order valence-electron chi connectivity index (χ1n) is 9.76. The minimum absolute atomic E-state index is 0.0684. The molecule has 0 spiro atoms. The van der Waals surface area contributed by atoms with Gasteiger partial charge in [-0.3, -0.25) is 10.1 Å². The van der Waals surface area contributed by atoms with Crippen molar-refractivity contribution in [3.63, 3.8) is 0 Å². The number of hydrogen-bond acceptors (Lipinski definition) is 5. The normalized spacial score (nSPS) is 16.0. The van der Waals surface area contributed by atoms with Crippen LogP contribution in [0.3, 0.4) is 0 Å². The highest BCUT2D eigenvalue weighted by atomic mass is 28.3. The van der Waals surface area contributed by atoms with E-state index in [1.54, 1.807) is 4.90 Å². The monoisotopic (exact) mass is 408 g/mol. The molecule has 156 valence electrons. The molecule has 8 heteroatoms. The predicted molar refractivity (Wildman–Crippen MR) is 112 cm³/mol. The highest BCUT2D eigenvalue weighted by Gasteiger charge is 2.28. The van der Waals surface area contributed by atoms with Crippen molar-refractivity contribution in [1.29, 1.82) is 0 Å². The number of nitro benzene ring substituents is 1. The van der Waals surface area contributed by atoms with Gasteiger partial charge in [0.1, 0.15) is 17.5 Å². The Hall–Kier alpha value is -2.09. The molecule has 0 aromatic heterocycles. The third kappa shape index (κ3) is 6.81. The lowest BCUT2D eigenvalue weighted by Crippen LogP contribution is -2.44. The maximum absolute atomic E-state index is 12.1. The molecule has 0 N–H and O–H groups in total. The molecule has 1 saturated heterocycles. The van der Waals surface area contributed by atoms with Crippen LogP contribution in [0.4, 0.5) is 10.5 Å². The Morgan fingerprint density at radius 3 is 2.36 bits per heavy atom. The standard InChI is InChI=1S/C20H32N2O5Si/c1-20(2,3)27-19(23)21-11-9-16(10-12-21)26-17-8-7-15(14-28(4,5)6)18(13-17)22(24)25/h7-8,13,16H,9-12,14H2,1-6H3. The third-order valence-corrected chi connectivity index (χ3v) is 5.81. The van der Waals surface area contributed by atoms with Gasteiger partial charge in [0, 0.05) is 39.6 Å². The van der Waals surface area contributed by atoms with Crippen molar-refractivity contribution in [2.45, 2.75) is 71.0 Å². The Bertz CT molecular complexity index is 716.